The molecule has 4 aromatic rings. The van der Waals surface area contributed by atoms with Gasteiger partial charge in [-0.25, -0.2) is 23.2 Å². The van der Waals surface area contributed by atoms with Crippen molar-refractivity contribution in [1.82, 2.24) is 14.8 Å². The number of nitrogens with zero attached hydrogens (tertiary/aromatic N) is 3. The zero-order valence-electron chi connectivity index (χ0n) is 15.0. The van der Waals surface area contributed by atoms with Crippen molar-refractivity contribution in [2.75, 3.05) is 0 Å². The molecule has 0 aliphatic rings. The van der Waals surface area contributed by atoms with Gasteiger partial charge in [0.1, 0.15) is 6.26 Å². The third-order valence-corrected chi connectivity index (χ3v) is 5.20. The Kier molecular flexibility index (Phi) is 4.71. The molecule has 2 aromatic carbocycles. The van der Waals surface area contributed by atoms with E-state index in [1.807, 2.05) is 0 Å². The number of primary sulfonamides is 1. The van der Waals surface area contributed by atoms with Gasteiger partial charge in [0.2, 0.25) is 15.9 Å². The van der Waals surface area contributed by atoms with E-state index in [0.717, 1.165) is 10.7 Å². The zero-order chi connectivity index (χ0) is 21.5. The van der Waals surface area contributed by atoms with Crippen molar-refractivity contribution in [2.45, 2.75) is 11.1 Å². The van der Waals surface area contributed by atoms with Gasteiger partial charge in [0, 0.05) is 11.1 Å². The molecule has 0 aliphatic heterocycles. The van der Waals surface area contributed by atoms with E-state index in [0.29, 0.717) is 17.0 Å². The van der Waals surface area contributed by atoms with Gasteiger partial charge in [0.15, 0.2) is 5.69 Å². The van der Waals surface area contributed by atoms with Gasteiger partial charge in [-0.05, 0) is 42.5 Å². The van der Waals surface area contributed by atoms with E-state index in [4.69, 9.17) is 9.56 Å². The lowest BCUT2D eigenvalue weighted by Gasteiger charge is -2.09. The molecule has 2 heterocycles. The number of halogens is 3. The minimum Gasteiger partial charge on any atom is -0.445 e. The van der Waals surface area contributed by atoms with E-state index in [1.165, 1.54) is 36.7 Å². The molecule has 0 unspecified atom stereocenters. The molecule has 4 rings (SSSR count). The number of aromatic nitrogens is 3. The second-order valence-electron chi connectivity index (χ2n) is 6.28. The van der Waals surface area contributed by atoms with Crippen molar-refractivity contribution < 1.29 is 26.0 Å². The number of sulfonamides is 1. The summed E-state index contributed by atoms with van der Waals surface area (Å²) in [4.78, 5) is 3.87. The van der Waals surface area contributed by atoms with Crippen molar-refractivity contribution in [3.05, 3.63) is 72.8 Å². The van der Waals surface area contributed by atoms with E-state index in [-0.39, 0.29) is 16.3 Å². The molecule has 0 saturated carbocycles. The van der Waals surface area contributed by atoms with Gasteiger partial charge in [0.25, 0.3) is 0 Å². The first kappa shape index (κ1) is 19.9. The van der Waals surface area contributed by atoms with Crippen LogP contribution in [0.1, 0.15) is 5.69 Å². The maximum Gasteiger partial charge on any atom is 0.435 e. The highest BCUT2D eigenvalue weighted by atomic mass is 32.2. The lowest BCUT2D eigenvalue weighted by Crippen LogP contribution is -2.12. The van der Waals surface area contributed by atoms with E-state index < -0.39 is 21.9 Å². The van der Waals surface area contributed by atoms with E-state index in [9.17, 15) is 21.6 Å². The highest BCUT2D eigenvalue weighted by Crippen LogP contribution is 2.34. The standard InChI is InChI=1S/C19H13F3N4O3S/c20-19(21,22)17-11-16(12-1-3-13(4-2-12)18-24-9-10-29-18)26(25-17)14-5-7-15(8-6-14)30(23,27)28/h1-11H,(H2,23,27,28). The Labute approximate surface area is 168 Å². The van der Waals surface area contributed by atoms with Crippen molar-refractivity contribution in [1.29, 1.82) is 0 Å². The van der Waals surface area contributed by atoms with Gasteiger partial charge in [-0.2, -0.15) is 18.3 Å². The summed E-state index contributed by atoms with van der Waals surface area (Å²) in [5.74, 6) is 0.379. The van der Waals surface area contributed by atoms with Crippen molar-refractivity contribution in [3.8, 4) is 28.4 Å². The molecule has 0 fully saturated rings. The minimum atomic E-state index is -4.65. The Balaban J connectivity index is 1.80. The summed E-state index contributed by atoms with van der Waals surface area (Å²) in [5.41, 5.74) is 0.450. The van der Waals surface area contributed by atoms with Crippen LogP contribution in [-0.4, -0.2) is 23.2 Å². The molecule has 7 nitrogen and oxygen atoms in total. The maximum atomic E-state index is 13.3. The number of hydrogen-bond donors (Lipinski definition) is 1. The summed E-state index contributed by atoms with van der Waals surface area (Å²) in [7, 11) is -3.93. The normalized spacial score (nSPS) is 12.3. The van der Waals surface area contributed by atoms with Crippen molar-refractivity contribution >= 4 is 10.0 Å². The van der Waals surface area contributed by atoms with E-state index >= 15 is 0 Å². The van der Waals surface area contributed by atoms with Crippen LogP contribution in [0.15, 0.2) is 76.4 Å². The number of nitrogens with two attached hydrogens (primary N) is 1. The molecule has 0 spiro atoms. The summed E-state index contributed by atoms with van der Waals surface area (Å²) in [5, 5.41) is 8.74. The average molecular weight is 434 g/mol. The van der Waals surface area contributed by atoms with Gasteiger partial charge in [0.05, 0.1) is 22.5 Å². The highest BCUT2D eigenvalue weighted by molar-refractivity contribution is 7.89. The Morgan fingerprint density at radius 3 is 2.13 bits per heavy atom. The van der Waals surface area contributed by atoms with Gasteiger partial charge < -0.3 is 4.42 Å². The first-order valence-corrected chi connectivity index (χ1v) is 9.98. The quantitative estimate of drug-likeness (QED) is 0.525. The zero-order valence-corrected chi connectivity index (χ0v) is 15.9. The summed E-state index contributed by atoms with van der Waals surface area (Å²) < 4.78 is 69.0. The molecule has 0 saturated heterocycles. The fraction of sp³-hybridized carbons (Fsp3) is 0.0526. The molecular formula is C19H13F3N4O3S. The number of benzene rings is 2. The van der Waals surface area contributed by atoms with Gasteiger partial charge in [-0.15, -0.1) is 0 Å². The smallest absolute Gasteiger partial charge is 0.435 e. The third kappa shape index (κ3) is 3.84. The van der Waals surface area contributed by atoms with Crippen LogP contribution in [0.4, 0.5) is 13.2 Å². The first-order chi connectivity index (χ1) is 14.1. The molecule has 11 heteroatoms. The second-order valence-corrected chi connectivity index (χ2v) is 7.84. The molecule has 154 valence electrons. The van der Waals surface area contributed by atoms with Crippen LogP contribution >= 0.6 is 0 Å². The lowest BCUT2D eigenvalue weighted by atomic mass is 10.1. The summed E-state index contributed by atoms with van der Waals surface area (Å²) in [6.45, 7) is 0. The Bertz CT molecular complexity index is 1280. The van der Waals surface area contributed by atoms with Crippen LogP contribution in [0.5, 0.6) is 0 Å². The summed E-state index contributed by atoms with van der Waals surface area (Å²) in [6, 6.07) is 12.6. The van der Waals surface area contributed by atoms with Crippen LogP contribution < -0.4 is 5.14 Å². The Morgan fingerprint density at radius 2 is 1.60 bits per heavy atom. The maximum absolute atomic E-state index is 13.3. The van der Waals surface area contributed by atoms with Gasteiger partial charge in [-0.3, -0.25) is 0 Å². The van der Waals surface area contributed by atoms with Crippen molar-refractivity contribution in [3.63, 3.8) is 0 Å². The number of alkyl halides is 3. The molecule has 0 radical (unpaired) electrons. The molecular weight excluding hydrogens is 421 g/mol. The summed E-state index contributed by atoms with van der Waals surface area (Å²) in [6.07, 6.45) is -1.75. The SMILES string of the molecule is NS(=O)(=O)c1ccc(-n2nc(C(F)(F)F)cc2-c2ccc(-c3ncco3)cc2)cc1. The molecule has 2 aromatic heterocycles. The highest BCUT2D eigenvalue weighted by Gasteiger charge is 2.35. The summed E-state index contributed by atoms with van der Waals surface area (Å²) >= 11 is 0. The monoisotopic (exact) mass is 434 g/mol. The van der Waals surface area contributed by atoms with Crippen LogP contribution in [0, 0.1) is 0 Å². The number of rotatable bonds is 4. The average Bonchev–Trinajstić information content (AvgIpc) is 3.37. The fourth-order valence-electron chi connectivity index (χ4n) is 2.85. The topological polar surface area (TPSA) is 104 Å². The van der Waals surface area contributed by atoms with Crippen molar-refractivity contribution in [2.24, 2.45) is 5.14 Å². The van der Waals surface area contributed by atoms with Crippen LogP contribution in [0.3, 0.4) is 0 Å². The molecule has 0 amide bonds. The number of hydrogen-bond acceptors (Lipinski definition) is 5. The number of oxazole rings is 1. The molecule has 0 bridgehead atoms. The van der Waals surface area contributed by atoms with E-state index in [1.54, 1.807) is 24.3 Å². The Morgan fingerprint density at radius 1 is 0.967 bits per heavy atom. The molecule has 2 N–H and O–H groups in total. The lowest BCUT2D eigenvalue weighted by molar-refractivity contribution is -0.141. The van der Waals surface area contributed by atoms with Gasteiger partial charge >= 0.3 is 6.18 Å². The molecule has 0 atom stereocenters. The van der Waals surface area contributed by atoms with Crippen LogP contribution in [0.2, 0.25) is 0 Å². The van der Waals surface area contributed by atoms with Crippen LogP contribution in [-0.2, 0) is 16.2 Å². The fourth-order valence-corrected chi connectivity index (χ4v) is 3.36. The largest absolute Gasteiger partial charge is 0.445 e. The van der Waals surface area contributed by atoms with E-state index in [2.05, 4.69) is 10.1 Å². The predicted molar refractivity (Wildman–Crippen MR) is 101 cm³/mol. The first-order valence-electron chi connectivity index (χ1n) is 8.44. The third-order valence-electron chi connectivity index (χ3n) is 4.27. The molecule has 0 aliphatic carbocycles. The molecule has 30 heavy (non-hydrogen) atoms. The van der Waals surface area contributed by atoms with Crippen LogP contribution in [0.25, 0.3) is 28.4 Å². The predicted octanol–water partition coefficient (Wildman–Crippen LogP) is 3.86. The Hall–Kier alpha value is -3.44. The minimum absolute atomic E-state index is 0.161. The van der Waals surface area contributed by atoms with Gasteiger partial charge in [-0.1, -0.05) is 12.1 Å². The second kappa shape index (κ2) is 7.11.